The number of guanidine groups is 1. The summed E-state index contributed by atoms with van der Waals surface area (Å²) in [5.74, 6) is -1.30. The molecule has 0 saturated heterocycles. The maximum atomic E-state index is 12.4. The number of nitrogens with one attached hydrogen (secondary N) is 3. The summed E-state index contributed by atoms with van der Waals surface area (Å²) >= 11 is 0. The average Bonchev–Trinajstić information content (AvgIpc) is 3.01. The first-order valence-corrected chi connectivity index (χ1v) is 13.6. The average molecular weight is 591 g/mol. The lowest BCUT2D eigenvalue weighted by Crippen LogP contribution is -2.44. The zero-order valence-electron chi connectivity index (χ0n) is 23.4. The fourth-order valence-corrected chi connectivity index (χ4v) is 3.72. The molecule has 0 bridgehead atoms. The van der Waals surface area contributed by atoms with Gasteiger partial charge in [-0.1, -0.05) is 91.0 Å². The number of nitrogens with zero attached hydrogens (tertiary/aromatic N) is 1. The number of ether oxygens (including phenoxy) is 3. The fourth-order valence-electron chi connectivity index (χ4n) is 3.72. The van der Waals surface area contributed by atoms with Gasteiger partial charge in [0.05, 0.1) is 6.42 Å². The third-order valence-electron chi connectivity index (χ3n) is 5.80. The van der Waals surface area contributed by atoms with Crippen molar-refractivity contribution >= 4 is 30.2 Å². The van der Waals surface area contributed by atoms with Crippen molar-refractivity contribution in [2.75, 3.05) is 6.54 Å². The van der Waals surface area contributed by atoms with Gasteiger partial charge in [0, 0.05) is 12.6 Å². The molecule has 43 heavy (non-hydrogen) atoms. The summed E-state index contributed by atoms with van der Waals surface area (Å²) in [7, 11) is 0. The van der Waals surface area contributed by atoms with Crippen molar-refractivity contribution in [3.63, 3.8) is 0 Å². The molecule has 0 aliphatic carbocycles. The van der Waals surface area contributed by atoms with Crippen LogP contribution in [0.4, 0.5) is 14.4 Å². The van der Waals surface area contributed by atoms with Gasteiger partial charge in [-0.15, -0.1) is 0 Å². The largest absolute Gasteiger partial charge is 0.481 e. The quantitative estimate of drug-likeness (QED) is 0.0959. The molecule has 0 aromatic heterocycles. The Bertz CT molecular complexity index is 1280. The minimum Gasteiger partial charge on any atom is -0.481 e. The number of amides is 3. The van der Waals surface area contributed by atoms with Crippen molar-refractivity contribution < 1.29 is 38.5 Å². The van der Waals surface area contributed by atoms with Gasteiger partial charge in [-0.25, -0.2) is 14.4 Å². The minimum atomic E-state index is -1.09. The maximum absolute atomic E-state index is 12.4. The van der Waals surface area contributed by atoms with Crippen molar-refractivity contribution in [1.29, 1.82) is 0 Å². The van der Waals surface area contributed by atoms with Gasteiger partial charge in [0.2, 0.25) is 5.96 Å². The number of carbonyl (C=O) groups excluding carboxylic acids is 3. The Balaban J connectivity index is 1.54. The van der Waals surface area contributed by atoms with Crippen LogP contribution in [0.1, 0.15) is 36.0 Å². The first-order chi connectivity index (χ1) is 20.9. The molecule has 12 heteroatoms. The number of rotatable bonds is 13. The normalized spacial score (nSPS) is 10.9. The second kappa shape index (κ2) is 18.1. The number of benzene rings is 3. The minimum absolute atomic E-state index is 0.00131. The third kappa shape index (κ3) is 13.7. The van der Waals surface area contributed by atoms with Gasteiger partial charge in [0.1, 0.15) is 19.8 Å². The summed E-state index contributed by atoms with van der Waals surface area (Å²) in [6.45, 7) is 0.116. The Hall–Kier alpha value is -5.39. The Kier molecular flexibility index (Phi) is 13.5. The van der Waals surface area contributed by atoms with Crippen molar-refractivity contribution in [3.8, 4) is 0 Å². The molecule has 3 aromatic carbocycles. The van der Waals surface area contributed by atoms with Crippen molar-refractivity contribution in [2.45, 2.75) is 45.1 Å². The molecule has 0 radical (unpaired) electrons. The molecule has 3 rings (SSSR count). The van der Waals surface area contributed by atoms with Crippen LogP contribution >= 0.6 is 0 Å². The van der Waals surface area contributed by atoms with Gasteiger partial charge in [0.15, 0.2) is 0 Å². The van der Waals surface area contributed by atoms with E-state index in [0.717, 1.165) is 16.7 Å². The maximum Gasteiger partial charge on any atom is 0.414 e. The van der Waals surface area contributed by atoms with Gasteiger partial charge in [-0.2, -0.15) is 0 Å². The molecular formula is C31H34N4O8. The second-order valence-electron chi connectivity index (χ2n) is 9.25. The fraction of sp³-hybridized carbons (Fsp3) is 0.258. The van der Waals surface area contributed by atoms with Crippen LogP contribution in [-0.2, 0) is 38.8 Å². The van der Waals surface area contributed by atoms with Crippen LogP contribution in [0.15, 0.2) is 96.0 Å². The van der Waals surface area contributed by atoms with E-state index in [-0.39, 0.29) is 45.2 Å². The SMILES string of the molecule is O=C(O)C[C@H](CCCN=C(NC(=O)OCc1ccccc1)NC(=O)OCc1ccccc1)NC(=O)OCc1ccccc1. The summed E-state index contributed by atoms with van der Waals surface area (Å²) in [6, 6.07) is 26.4. The molecule has 0 fully saturated rings. The van der Waals surface area contributed by atoms with Crippen LogP contribution < -0.4 is 16.0 Å². The van der Waals surface area contributed by atoms with E-state index < -0.39 is 30.3 Å². The molecule has 12 nitrogen and oxygen atoms in total. The predicted octanol–water partition coefficient (Wildman–Crippen LogP) is 4.75. The molecule has 4 N–H and O–H groups in total. The van der Waals surface area contributed by atoms with Crippen molar-refractivity contribution in [2.24, 2.45) is 4.99 Å². The van der Waals surface area contributed by atoms with E-state index >= 15 is 0 Å². The Labute approximate surface area is 249 Å². The smallest absolute Gasteiger partial charge is 0.414 e. The Morgan fingerprint density at radius 1 is 0.651 bits per heavy atom. The van der Waals surface area contributed by atoms with E-state index in [1.54, 1.807) is 36.4 Å². The van der Waals surface area contributed by atoms with Gasteiger partial charge in [-0.05, 0) is 29.5 Å². The lowest BCUT2D eigenvalue weighted by molar-refractivity contribution is -0.137. The molecule has 3 amide bonds. The number of aliphatic imine (C=N–C) groups is 1. The summed E-state index contributed by atoms with van der Waals surface area (Å²) in [6.07, 6.45) is -2.23. The van der Waals surface area contributed by atoms with E-state index in [0.29, 0.717) is 6.42 Å². The summed E-state index contributed by atoms with van der Waals surface area (Å²) < 4.78 is 15.6. The van der Waals surface area contributed by atoms with E-state index in [1.165, 1.54) is 0 Å². The van der Waals surface area contributed by atoms with Crippen LogP contribution in [0.3, 0.4) is 0 Å². The number of carboxylic acids is 1. The standard InChI is InChI=1S/C31H34N4O8/c36-27(37)19-26(33-29(38)41-20-23-11-4-1-5-12-23)17-10-18-32-28(34-30(39)42-21-24-13-6-2-7-14-24)35-31(40)43-22-25-15-8-3-9-16-25/h1-9,11-16,26H,10,17-22H2,(H,33,38)(H,36,37)(H2,32,34,35,39,40)/t26-/m0/s1. The van der Waals surface area contributed by atoms with Gasteiger partial charge in [-0.3, -0.25) is 20.4 Å². The molecule has 0 aliphatic rings. The molecule has 0 aliphatic heterocycles. The van der Waals surface area contributed by atoms with E-state index in [4.69, 9.17) is 14.2 Å². The monoisotopic (exact) mass is 590 g/mol. The van der Waals surface area contributed by atoms with Gasteiger partial charge < -0.3 is 24.6 Å². The van der Waals surface area contributed by atoms with Crippen LogP contribution in [0.2, 0.25) is 0 Å². The van der Waals surface area contributed by atoms with Crippen LogP contribution in [0, 0.1) is 0 Å². The van der Waals surface area contributed by atoms with Crippen molar-refractivity contribution in [3.05, 3.63) is 108 Å². The highest BCUT2D eigenvalue weighted by atomic mass is 16.6. The molecule has 1 atom stereocenters. The Morgan fingerprint density at radius 2 is 1.07 bits per heavy atom. The zero-order chi connectivity index (χ0) is 30.7. The summed E-state index contributed by atoms with van der Waals surface area (Å²) in [5, 5.41) is 16.6. The lowest BCUT2D eigenvalue weighted by atomic mass is 10.1. The van der Waals surface area contributed by atoms with Crippen LogP contribution in [0.5, 0.6) is 0 Å². The Morgan fingerprint density at radius 3 is 1.49 bits per heavy atom. The first-order valence-electron chi connectivity index (χ1n) is 13.6. The number of hydrogen-bond donors (Lipinski definition) is 4. The molecule has 0 unspecified atom stereocenters. The highest BCUT2D eigenvalue weighted by Crippen LogP contribution is 2.06. The number of hydrogen-bond acceptors (Lipinski definition) is 8. The van der Waals surface area contributed by atoms with E-state index in [1.807, 2.05) is 54.6 Å². The van der Waals surface area contributed by atoms with Gasteiger partial charge >= 0.3 is 24.2 Å². The predicted molar refractivity (Wildman–Crippen MR) is 157 cm³/mol. The van der Waals surface area contributed by atoms with Crippen LogP contribution in [-0.4, -0.2) is 47.9 Å². The van der Waals surface area contributed by atoms with E-state index in [2.05, 4.69) is 20.9 Å². The number of carbonyl (C=O) groups is 4. The van der Waals surface area contributed by atoms with E-state index in [9.17, 15) is 24.3 Å². The molecule has 0 saturated carbocycles. The summed E-state index contributed by atoms with van der Waals surface area (Å²) in [4.78, 5) is 52.6. The molecule has 0 heterocycles. The molecule has 226 valence electrons. The molecule has 0 spiro atoms. The number of carboxylic acid groups (broad SMARTS) is 1. The lowest BCUT2D eigenvalue weighted by Gasteiger charge is -2.17. The highest BCUT2D eigenvalue weighted by Gasteiger charge is 2.17. The second-order valence-corrected chi connectivity index (χ2v) is 9.25. The zero-order valence-corrected chi connectivity index (χ0v) is 23.4. The number of aliphatic carboxylic acids is 1. The first kappa shape index (κ1) is 32.1. The topological polar surface area (TPSA) is 165 Å². The van der Waals surface area contributed by atoms with Gasteiger partial charge in [0.25, 0.3) is 0 Å². The summed E-state index contributed by atoms with van der Waals surface area (Å²) in [5.41, 5.74) is 2.33. The molecular weight excluding hydrogens is 556 g/mol. The molecule has 3 aromatic rings. The third-order valence-corrected chi connectivity index (χ3v) is 5.80. The number of alkyl carbamates (subject to hydrolysis) is 3. The highest BCUT2D eigenvalue weighted by molar-refractivity contribution is 6.01. The van der Waals surface area contributed by atoms with Crippen LogP contribution in [0.25, 0.3) is 0 Å². The van der Waals surface area contributed by atoms with Crippen molar-refractivity contribution in [1.82, 2.24) is 16.0 Å².